The number of carbonyl (C=O) groups is 1. The molecule has 2 N–H and O–H groups in total. The van der Waals surface area contributed by atoms with E-state index in [1.807, 2.05) is 41.2 Å². The van der Waals surface area contributed by atoms with Crippen LogP contribution in [0.15, 0.2) is 47.7 Å². The highest BCUT2D eigenvalue weighted by Gasteiger charge is 2.05. The first-order valence-corrected chi connectivity index (χ1v) is 9.41. The number of nitrogens with one attached hydrogen (secondary N) is 2. The zero-order valence-electron chi connectivity index (χ0n) is 16.9. The third-order valence-corrected chi connectivity index (χ3v) is 4.15. The van der Waals surface area contributed by atoms with E-state index in [2.05, 4.69) is 20.7 Å². The summed E-state index contributed by atoms with van der Waals surface area (Å²) in [5.41, 5.74) is 1.20. The number of nitrogens with zero attached hydrogens (tertiary/aromatic N) is 4. The maximum atomic E-state index is 11.8. The second-order valence-electron chi connectivity index (χ2n) is 6.53. The summed E-state index contributed by atoms with van der Waals surface area (Å²) < 4.78 is 7.07. The van der Waals surface area contributed by atoms with Crippen LogP contribution >= 0.6 is 0 Å². The summed E-state index contributed by atoms with van der Waals surface area (Å²) in [6.45, 7) is 2.40. The van der Waals surface area contributed by atoms with E-state index < -0.39 is 0 Å². The number of benzene rings is 1. The number of aromatic nitrogens is 2. The molecule has 8 heteroatoms. The summed E-state index contributed by atoms with van der Waals surface area (Å²) in [6, 6.07) is 9.91. The fourth-order valence-corrected chi connectivity index (χ4v) is 2.46. The molecule has 0 saturated heterocycles. The average Bonchev–Trinajstić information content (AvgIpc) is 3.22. The smallest absolute Gasteiger partial charge is 0.243 e. The predicted octanol–water partition coefficient (Wildman–Crippen LogP) is 1.15. The summed E-state index contributed by atoms with van der Waals surface area (Å²) in [5, 5.41) is 10.8. The van der Waals surface area contributed by atoms with E-state index in [-0.39, 0.29) is 12.5 Å². The van der Waals surface area contributed by atoms with E-state index in [4.69, 9.17) is 4.74 Å². The number of likely N-dealkylation sites (N-methyl/N-ethyl adjacent to an activating group) is 1. The van der Waals surface area contributed by atoms with Gasteiger partial charge in [0.1, 0.15) is 12.3 Å². The minimum absolute atomic E-state index is 0.0344. The Morgan fingerprint density at radius 3 is 2.61 bits per heavy atom. The van der Waals surface area contributed by atoms with Crippen molar-refractivity contribution in [2.75, 3.05) is 40.8 Å². The number of aryl methyl sites for hydroxylation is 1. The van der Waals surface area contributed by atoms with E-state index in [0.29, 0.717) is 12.5 Å². The summed E-state index contributed by atoms with van der Waals surface area (Å²) in [5.74, 6) is 1.46. The van der Waals surface area contributed by atoms with Gasteiger partial charge in [0, 0.05) is 46.1 Å². The number of aliphatic imine (C=N–C) groups is 1. The van der Waals surface area contributed by atoms with Crippen molar-refractivity contribution < 1.29 is 9.53 Å². The van der Waals surface area contributed by atoms with Gasteiger partial charge in [-0.25, -0.2) is 4.99 Å². The molecule has 1 amide bonds. The Bertz CT molecular complexity index is 726. The van der Waals surface area contributed by atoms with Gasteiger partial charge in [0.15, 0.2) is 5.96 Å². The number of hydrogen-bond donors (Lipinski definition) is 2. The molecule has 0 fully saturated rings. The van der Waals surface area contributed by atoms with Gasteiger partial charge in [-0.15, -0.1) is 0 Å². The molecule has 0 atom stereocenters. The van der Waals surface area contributed by atoms with Crippen molar-refractivity contribution >= 4 is 11.9 Å². The Morgan fingerprint density at radius 1 is 1.21 bits per heavy atom. The Kier molecular flexibility index (Phi) is 8.84. The molecule has 1 aromatic heterocycles. The number of guanidine groups is 1. The molecule has 0 radical (unpaired) electrons. The van der Waals surface area contributed by atoms with Gasteiger partial charge in [-0.3, -0.25) is 9.48 Å². The number of carbonyl (C=O) groups excluding carboxylic acids is 1. The van der Waals surface area contributed by atoms with Gasteiger partial charge in [-0.1, -0.05) is 12.1 Å². The summed E-state index contributed by atoms with van der Waals surface area (Å²) >= 11 is 0. The third kappa shape index (κ3) is 7.69. The van der Waals surface area contributed by atoms with Gasteiger partial charge in [-0.05, 0) is 36.6 Å². The quantitative estimate of drug-likeness (QED) is 0.364. The maximum Gasteiger partial charge on any atom is 0.243 e. The lowest BCUT2D eigenvalue weighted by Gasteiger charge is -2.14. The molecule has 0 aliphatic carbocycles. The maximum absolute atomic E-state index is 11.8. The fourth-order valence-electron chi connectivity index (χ4n) is 2.46. The SMILES string of the molecule is COc1ccc(CCNC(=NCC(=O)N(C)C)NCCCn2cccn2)cc1. The molecule has 1 heterocycles. The minimum atomic E-state index is -0.0344. The Balaban J connectivity index is 1.81. The topological polar surface area (TPSA) is 83.8 Å². The van der Waals surface area contributed by atoms with Crippen LogP contribution in [-0.4, -0.2) is 67.4 Å². The lowest BCUT2D eigenvalue weighted by Crippen LogP contribution is -2.40. The van der Waals surface area contributed by atoms with Gasteiger partial charge in [0.25, 0.3) is 0 Å². The fraction of sp³-hybridized carbons (Fsp3) is 0.450. The summed E-state index contributed by atoms with van der Waals surface area (Å²) in [7, 11) is 5.12. The first-order chi connectivity index (χ1) is 13.6. The monoisotopic (exact) mass is 386 g/mol. The normalized spacial score (nSPS) is 11.2. The molecule has 1 aromatic carbocycles. The van der Waals surface area contributed by atoms with Crippen molar-refractivity contribution in [3.63, 3.8) is 0 Å². The first-order valence-electron chi connectivity index (χ1n) is 9.41. The van der Waals surface area contributed by atoms with Gasteiger partial charge in [-0.2, -0.15) is 5.10 Å². The van der Waals surface area contributed by atoms with E-state index in [1.54, 1.807) is 27.4 Å². The first kappa shape index (κ1) is 21.3. The average molecular weight is 387 g/mol. The van der Waals surface area contributed by atoms with Crippen LogP contribution in [0, 0.1) is 0 Å². The van der Waals surface area contributed by atoms with E-state index in [1.165, 1.54) is 10.5 Å². The molecule has 0 aliphatic heterocycles. The molecule has 0 spiro atoms. The van der Waals surface area contributed by atoms with Gasteiger partial charge in [0.05, 0.1) is 7.11 Å². The van der Waals surface area contributed by atoms with Crippen LogP contribution in [-0.2, 0) is 17.8 Å². The standard InChI is InChI=1S/C20H30N6O2/c1-25(2)19(27)16-23-20(21-11-4-14-26-15-5-12-24-26)22-13-10-17-6-8-18(28-3)9-7-17/h5-9,12,15H,4,10-11,13-14,16H2,1-3H3,(H2,21,22,23). The second-order valence-corrected chi connectivity index (χ2v) is 6.53. The minimum Gasteiger partial charge on any atom is -0.497 e. The zero-order valence-corrected chi connectivity index (χ0v) is 16.9. The number of rotatable bonds is 10. The van der Waals surface area contributed by atoms with Crippen LogP contribution in [0.2, 0.25) is 0 Å². The van der Waals surface area contributed by atoms with Crippen LogP contribution < -0.4 is 15.4 Å². The van der Waals surface area contributed by atoms with Crippen LogP contribution in [0.4, 0.5) is 0 Å². The van der Waals surface area contributed by atoms with Gasteiger partial charge in [0.2, 0.25) is 5.91 Å². The molecule has 2 rings (SSSR count). The number of amides is 1. The Morgan fingerprint density at radius 2 is 1.96 bits per heavy atom. The second kappa shape index (κ2) is 11.6. The van der Waals surface area contributed by atoms with Crippen molar-refractivity contribution in [3.8, 4) is 5.75 Å². The predicted molar refractivity (Wildman–Crippen MR) is 111 cm³/mol. The molecule has 0 unspecified atom stereocenters. The number of ether oxygens (including phenoxy) is 1. The van der Waals surface area contributed by atoms with Crippen LogP contribution in [0.3, 0.4) is 0 Å². The lowest BCUT2D eigenvalue weighted by molar-refractivity contribution is -0.127. The van der Waals surface area contributed by atoms with E-state index >= 15 is 0 Å². The molecule has 152 valence electrons. The van der Waals surface area contributed by atoms with Gasteiger partial charge < -0.3 is 20.3 Å². The molecule has 0 saturated carbocycles. The zero-order chi connectivity index (χ0) is 20.2. The third-order valence-electron chi connectivity index (χ3n) is 4.15. The Labute approximate surface area is 166 Å². The van der Waals surface area contributed by atoms with E-state index in [9.17, 15) is 4.79 Å². The highest BCUT2D eigenvalue weighted by atomic mass is 16.5. The molecule has 0 aliphatic rings. The summed E-state index contributed by atoms with van der Waals surface area (Å²) in [4.78, 5) is 17.8. The summed E-state index contributed by atoms with van der Waals surface area (Å²) in [6.07, 6.45) is 5.47. The molecule has 28 heavy (non-hydrogen) atoms. The molecular weight excluding hydrogens is 356 g/mol. The molecule has 8 nitrogen and oxygen atoms in total. The van der Waals surface area contributed by atoms with E-state index in [0.717, 1.165) is 31.7 Å². The van der Waals surface area contributed by atoms with Gasteiger partial charge >= 0.3 is 0 Å². The van der Waals surface area contributed by atoms with Crippen LogP contribution in [0.25, 0.3) is 0 Å². The Hall–Kier alpha value is -3.03. The largest absolute Gasteiger partial charge is 0.497 e. The number of methoxy groups -OCH3 is 1. The van der Waals surface area contributed by atoms with Crippen molar-refractivity contribution in [2.24, 2.45) is 4.99 Å². The molecule has 2 aromatic rings. The van der Waals surface area contributed by atoms with Crippen molar-refractivity contribution in [1.82, 2.24) is 25.3 Å². The highest BCUT2D eigenvalue weighted by molar-refractivity contribution is 5.84. The van der Waals surface area contributed by atoms with Crippen molar-refractivity contribution in [2.45, 2.75) is 19.4 Å². The highest BCUT2D eigenvalue weighted by Crippen LogP contribution is 2.11. The van der Waals surface area contributed by atoms with Crippen LogP contribution in [0.5, 0.6) is 5.75 Å². The number of hydrogen-bond acceptors (Lipinski definition) is 4. The van der Waals surface area contributed by atoms with Crippen molar-refractivity contribution in [1.29, 1.82) is 0 Å². The molecular formula is C20H30N6O2. The van der Waals surface area contributed by atoms with Crippen molar-refractivity contribution in [3.05, 3.63) is 48.3 Å². The lowest BCUT2D eigenvalue weighted by atomic mass is 10.1. The molecule has 0 bridgehead atoms. The van der Waals surface area contributed by atoms with Crippen LogP contribution in [0.1, 0.15) is 12.0 Å².